The van der Waals surface area contributed by atoms with Crippen LogP contribution in [0.3, 0.4) is 0 Å². The third-order valence-electron chi connectivity index (χ3n) is 2.04. The van der Waals surface area contributed by atoms with Gasteiger partial charge in [0.2, 0.25) is 0 Å². The average molecular weight is 190 g/mol. The maximum absolute atomic E-state index is 9.57. The zero-order valence-corrected chi connectivity index (χ0v) is 7.68. The molecule has 0 aliphatic heterocycles. The Morgan fingerprint density at radius 1 is 1.29 bits per heavy atom. The van der Waals surface area contributed by atoms with E-state index in [9.17, 15) is 10.2 Å². The fraction of sp³-hybridized carbons (Fsp3) is 0.100. The fourth-order valence-corrected chi connectivity index (χ4v) is 1.34. The zero-order valence-electron chi connectivity index (χ0n) is 7.68. The second-order valence-electron chi connectivity index (χ2n) is 3.02. The maximum atomic E-state index is 9.57. The van der Waals surface area contributed by atoms with Crippen LogP contribution in [-0.2, 0) is 0 Å². The number of aromatic hydroxyl groups is 2. The molecule has 0 amide bonds. The second-order valence-corrected chi connectivity index (χ2v) is 3.02. The van der Waals surface area contributed by atoms with Gasteiger partial charge in [-0.1, -0.05) is 0 Å². The summed E-state index contributed by atoms with van der Waals surface area (Å²) in [6, 6.07) is 4.37. The van der Waals surface area contributed by atoms with Crippen LogP contribution in [0.25, 0.3) is 5.69 Å². The van der Waals surface area contributed by atoms with Crippen molar-refractivity contribution in [1.29, 1.82) is 0 Å². The Balaban J connectivity index is 2.62. The molecule has 1 heterocycles. The molecule has 4 heteroatoms. The number of hydrogen-bond acceptors (Lipinski definition) is 3. The predicted octanol–water partition coefficient (Wildman–Crippen LogP) is 1.59. The summed E-state index contributed by atoms with van der Waals surface area (Å²) >= 11 is 0. The summed E-state index contributed by atoms with van der Waals surface area (Å²) in [6.07, 6.45) is 3.36. The van der Waals surface area contributed by atoms with Crippen LogP contribution >= 0.6 is 0 Å². The van der Waals surface area contributed by atoms with Crippen molar-refractivity contribution in [2.45, 2.75) is 6.92 Å². The van der Waals surface area contributed by atoms with Crippen LogP contribution in [0.2, 0.25) is 0 Å². The molecule has 1 aromatic carbocycles. The first kappa shape index (κ1) is 8.62. The molecule has 0 aliphatic rings. The van der Waals surface area contributed by atoms with Crippen LogP contribution in [0.4, 0.5) is 0 Å². The molecule has 2 rings (SSSR count). The number of benzene rings is 1. The molecule has 0 bridgehead atoms. The minimum atomic E-state index is 0.115. The van der Waals surface area contributed by atoms with Gasteiger partial charge in [-0.25, -0.2) is 4.98 Å². The first-order chi connectivity index (χ1) is 6.68. The minimum absolute atomic E-state index is 0.115. The van der Waals surface area contributed by atoms with E-state index >= 15 is 0 Å². The molecule has 1 aromatic heterocycles. The number of phenols is 2. The van der Waals surface area contributed by atoms with E-state index in [-0.39, 0.29) is 11.5 Å². The van der Waals surface area contributed by atoms with E-state index in [4.69, 9.17) is 0 Å². The van der Waals surface area contributed by atoms with Crippen LogP contribution < -0.4 is 0 Å². The summed E-state index contributed by atoms with van der Waals surface area (Å²) in [5.41, 5.74) is 0.528. The van der Waals surface area contributed by atoms with Crippen LogP contribution in [-0.4, -0.2) is 19.8 Å². The highest BCUT2D eigenvalue weighted by atomic mass is 16.3. The summed E-state index contributed by atoms with van der Waals surface area (Å²) in [5.74, 6) is 0.987. The lowest BCUT2D eigenvalue weighted by Crippen LogP contribution is -1.95. The molecule has 2 aromatic rings. The summed E-state index contributed by atoms with van der Waals surface area (Å²) in [4.78, 5) is 4.03. The molecule has 0 fully saturated rings. The average Bonchev–Trinajstić information content (AvgIpc) is 2.56. The van der Waals surface area contributed by atoms with Gasteiger partial charge < -0.3 is 14.8 Å². The Morgan fingerprint density at radius 3 is 2.71 bits per heavy atom. The SMILES string of the molecule is Cc1nccn1-c1cc(O)ccc1O. The smallest absolute Gasteiger partial charge is 0.139 e. The molecule has 0 unspecified atom stereocenters. The van der Waals surface area contributed by atoms with Gasteiger partial charge in [0.1, 0.15) is 17.3 Å². The number of phenolic OH excluding ortho intramolecular Hbond substituents is 2. The highest BCUT2D eigenvalue weighted by Gasteiger charge is 2.06. The van der Waals surface area contributed by atoms with Gasteiger partial charge in [0.05, 0.1) is 5.69 Å². The molecule has 0 atom stereocenters. The first-order valence-electron chi connectivity index (χ1n) is 4.21. The van der Waals surface area contributed by atoms with Gasteiger partial charge in [0, 0.05) is 18.5 Å². The summed E-state index contributed by atoms with van der Waals surface area (Å²) in [5, 5.41) is 18.9. The van der Waals surface area contributed by atoms with E-state index in [0.717, 1.165) is 5.82 Å². The van der Waals surface area contributed by atoms with Gasteiger partial charge in [-0.2, -0.15) is 0 Å². The van der Waals surface area contributed by atoms with Crippen molar-refractivity contribution in [3.63, 3.8) is 0 Å². The molecule has 14 heavy (non-hydrogen) atoms. The molecule has 4 nitrogen and oxygen atoms in total. The minimum Gasteiger partial charge on any atom is -0.508 e. The molecular weight excluding hydrogens is 180 g/mol. The normalized spacial score (nSPS) is 10.4. The predicted molar refractivity (Wildman–Crippen MR) is 51.6 cm³/mol. The largest absolute Gasteiger partial charge is 0.508 e. The molecule has 0 saturated heterocycles. The van der Waals surface area contributed by atoms with E-state index in [1.165, 1.54) is 18.2 Å². The highest BCUT2D eigenvalue weighted by Crippen LogP contribution is 2.26. The molecule has 2 N–H and O–H groups in total. The lowest BCUT2D eigenvalue weighted by atomic mass is 10.2. The Morgan fingerprint density at radius 2 is 2.07 bits per heavy atom. The van der Waals surface area contributed by atoms with Crippen LogP contribution in [0.1, 0.15) is 5.82 Å². The molecule has 0 saturated carbocycles. The lowest BCUT2D eigenvalue weighted by molar-refractivity contribution is 0.457. The number of aromatic nitrogens is 2. The summed E-state index contributed by atoms with van der Waals surface area (Å²) in [7, 11) is 0. The molecule has 0 radical (unpaired) electrons. The Bertz CT molecular complexity index is 463. The maximum Gasteiger partial charge on any atom is 0.139 e. The van der Waals surface area contributed by atoms with Crippen LogP contribution in [0.5, 0.6) is 11.5 Å². The van der Waals surface area contributed by atoms with E-state index < -0.39 is 0 Å². The van der Waals surface area contributed by atoms with Crippen molar-refractivity contribution in [2.24, 2.45) is 0 Å². The van der Waals surface area contributed by atoms with E-state index in [1.807, 2.05) is 6.92 Å². The van der Waals surface area contributed by atoms with Gasteiger partial charge in [0.15, 0.2) is 0 Å². The number of nitrogens with zero attached hydrogens (tertiary/aromatic N) is 2. The van der Waals surface area contributed by atoms with Crippen molar-refractivity contribution in [3.8, 4) is 17.2 Å². The fourth-order valence-electron chi connectivity index (χ4n) is 1.34. The van der Waals surface area contributed by atoms with E-state index in [0.29, 0.717) is 5.69 Å². The Hall–Kier alpha value is -1.97. The Labute approximate surface area is 81.1 Å². The van der Waals surface area contributed by atoms with Gasteiger partial charge in [-0.05, 0) is 19.1 Å². The molecular formula is C10H10N2O2. The van der Waals surface area contributed by atoms with Crippen LogP contribution in [0, 0.1) is 6.92 Å². The Kier molecular flexibility index (Phi) is 1.89. The highest BCUT2D eigenvalue weighted by molar-refractivity contribution is 5.50. The standard InChI is InChI=1S/C10H10N2O2/c1-7-11-4-5-12(7)9-6-8(13)2-3-10(9)14/h2-6,13-14H,1H3. The van der Waals surface area contributed by atoms with Crippen LogP contribution in [0.15, 0.2) is 30.6 Å². The van der Waals surface area contributed by atoms with Crippen molar-refractivity contribution in [2.75, 3.05) is 0 Å². The third-order valence-corrected chi connectivity index (χ3v) is 2.04. The van der Waals surface area contributed by atoms with Crippen molar-refractivity contribution < 1.29 is 10.2 Å². The van der Waals surface area contributed by atoms with Crippen molar-refractivity contribution in [3.05, 3.63) is 36.4 Å². The number of imidazole rings is 1. The van der Waals surface area contributed by atoms with Crippen molar-refractivity contribution >= 4 is 0 Å². The molecule has 0 spiro atoms. The van der Waals surface area contributed by atoms with Gasteiger partial charge in [-0.3, -0.25) is 0 Å². The quantitative estimate of drug-likeness (QED) is 0.671. The lowest BCUT2D eigenvalue weighted by Gasteiger charge is -2.07. The third kappa shape index (κ3) is 1.31. The van der Waals surface area contributed by atoms with Gasteiger partial charge >= 0.3 is 0 Å². The van der Waals surface area contributed by atoms with E-state index in [1.54, 1.807) is 17.0 Å². The number of aryl methyl sites for hydroxylation is 1. The molecule has 72 valence electrons. The van der Waals surface area contributed by atoms with Crippen molar-refractivity contribution in [1.82, 2.24) is 9.55 Å². The monoisotopic (exact) mass is 190 g/mol. The number of hydrogen-bond donors (Lipinski definition) is 2. The zero-order chi connectivity index (χ0) is 10.1. The molecule has 0 aliphatic carbocycles. The van der Waals surface area contributed by atoms with Gasteiger partial charge in [0.25, 0.3) is 0 Å². The summed E-state index contributed by atoms with van der Waals surface area (Å²) in [6.45, 7) is 1.82. The van der Waals surface area contributed by atoms with E-state index in [2.05, 4.69) is 4.98 Å². The summed E-state index contributed by atoms with van der Waals surface area (Å²) < 4.78 is 1.70. The first-order valence-corrected chi connectivity index (χ1v) is 4.21. The second kappa shape index (κ2) is 3.06. The number of rotatable bonds is 1. The van der Waals surface area contributed by atoms with Gasteiger partial charge in [-0.15, -0.1) is 0 Å². The topological polar surface area (TPSA) is 58.3 Å².